The van der Waals surface area contributed by atoms with Gasteiger partial charge in [-0.05, 0) is 92.4 Å². The topological polar surface area (TPSA) is 109 Å². The molecule has 0 aromatic heterocycles. The van der Waals surface area contributed by atoms with Crippen molar-refractivity contribution in [2.75, 3.05) is 11.9 Å². The van der Waals surface area contributed by atoms with Crippen molar-refractivity contribution >= 4 is 55.5 Å². The number of hydrogen-bond acceptors (Lipinski definition) is 5. The Balaban J connectivity index is 1.73. The summed E-state index contributed by atoms with van der Waals surface area (Å²) in [6.07, 6.45) is 1.48. The normalized spacial score (nSPS) is 10.9. The number of amides is 1. The molecule has 3 rings (SSSR count). The predicted molar refractivity (Wildman–Crippen MR) is 139 cm³/mol. The van der Waals surface area contributed by atoms with E-state index in [2.05, 4.69) is 37.2 Å². The SMILES string of the molecule is CCOc1cccc(NC(=O)/C(C#N)=C\c2cc(Br)c(OCc3ccc(C(=O)O)cc3)c(Br)c2)c1. The molecule has 35 heavy (non-hydrogen) atoms. The zero-order chi connectivity index (χ0) is 25.4. The van der Waals surface area contributed by atoms with Gasteiger partial charge < -0.3 is 19.9 Å². The van der Waals surface area contributed by atoms with Crippen LogP contribution < -0.4 is 14.8 Å². The van der Waals surface area contributed by atoms with Crippen LogP contribution in [0.5, 0.6) is 11.5 Å². The maximum atomic E-state index is 12.7. The Morgan fingerprint density at radius 1 is 1.06 bits per heavy atom. The third-order valence-corrected chi connectivity index (χ3v) is 5.86. The molecule has 0 aliphatic carbocycles. The molecule has 0 aliphatic rings. The minimum atomic E-state index is -0.990. The highest BCUT2D eigenvalue weighted by atomic mass is 79.9. The van der Waals surface area contributed by atoms with Gasteiger partial charge in [-0.25, -0.2) is 4.79 Å². The first-order chi connectivity index (χ1) is 16.8. The Morgan fingerprint density at radius 2 is 1.74 bits per heavy atom. The first-order valence-electron chi connectivity index (χ1n) is 10.4. The number of nitriles is 1. The molecule has 0 heterocycles. The minimum absolute atomic E-state index is 0.0715. The molecule has 0 spiro atoms. The average molecular weight is 600 g/mol. The van der Waals surface area contributed by atoms with Gasteiger partial charge in [0, 0.05) is 11.8 Å². The Kier molecular flexibility index (Phi) is 9.06. The van der Waals surface area contributed by atoms with E-state index in [0.29, 0.717) is 38.3 Å². The lowest BCUT2D eigenvalue weighted by molar-refractivity contribution is -0.112. The van der Waals surface area contributed by atoms with Crippen molar-refractivity contribution in [3.63, 3.8) is 0 Å². The number of carbonyl (C=O) groups excluding carboxylic acids is 1. The van der Waals surface area contributed by atoms with Crippen molar-refractivity contribution in [2.24, 2.45) is 0 Å². The number of anilines is 1. The highest BCUT2D eigenvalue weighted by Gasteiger charge is 2.13. The van der Waals surface area contributed by atoms with Crippen LogP contribution in [0.15, 0.2) is 75.2 Å². The maximum Gasteiger partial charge on any atom is 0.335 e. The molecule has 9 heteroatoms. The minimum Gasteiger partial charge on any atom is -0.494 e. The van der Waals surface area contributed by atoms with E-state index in [-0.39, 0.29) is 17.7 Å². The summed E-state index contributed by atoms with van der Waals surface area (Å²) in [5, 5.41) is 21.3. The van der Waals surface area contributed by atoms with Crippen LogP contribution in [0.4, 0.5) is 5.69 Å². The second kappa shape index (κ2) is 12.2. The van der Waals surface area contributed by atoms with Gasteiger partial charge in [0.2, 0.25) is 0 Å². The second-order valence-corrected chi connectivity index (χ2v) is 8.90. The van der Waals surface area contributed by atoms with Gasteiger partial charge in [-0.2, -0.15) is 5.26 Å². The molecule has 0 unspecified atom stereocenters. The molecule has 178 valence electrons. The van der Waals surface area contributed by atoms with Crippen LogP contribution in [0, 0.1) is 11.3 Å². The Hall–Kier alpha value is -3.61. The summed E-state index contributed by atoms with van der Waals surface area (Å²) in [5.41, 5.74) is 2.06. The number of ether oxygens (including phenoxy) is 2. The quantitative estimate of drug-likeness (QED) is 0.217. The zero-order valence-electron chi connectivity index (χ0n) is 18.5. The van der Waals surface area contributed by atoms with E-state index in [1.165, 1.54) is 18.2 Å². The van der Waals surface area contributed by atoms with Gasteiger partial charge in [-0.1, -0.05) is 18.2 Å². The van der Waals surface area contributed by atoms with Gasteiger partial charge in [-0.3, -0.25) is 4.79 Å². The molecule has 0 aliphatic heterocycles. The number of carbonyl (C=O) groups is 2. The lowest BCUT2D eigenvalue weighted by atomic mass is 10.1. The summed E-state index contributed by atoms with van der Waals surface area (Å²) in [7, 11) is 0. The van der Waals surface area contributed by atoms with Crippen molar-refractivity contribution in [1.29, 1.82) is 5.26 Å². The van der Waals surface area contributed by atoms with Crippen LogP contribution in [0.1, 0.15) is 28.4 Å². The third kappa shape index (κ3) is 7.18. The Bertz CT molecular complexity index is 1290. The summed E-state index contributed by atoms with van der Waals surface area (Å²) in [4.78, 5) is 23.6. The molecule has 3 aromatic carbocycles. The third-order valence-electron chi connectivity index (χ3n) is 4.68. The van der Waals surface area contributed by atoms with E-state index in [9.17, 15) is 14.9 Å². The molecule has 7 nitrogen and oxygen atoms in total. The van der Waals surface area contributed by atoms with E-state index in [0.717, 1.165) is 5.56 Å². The molecule has 0 atom stereocenters. The van der Waals surface area contributed by atoms with Crippen LogP contribution in [0.2, 0.25) is 0 Å². The molecule has 0 saturated heterocycles. The number of hydrogen-bond donors (Lipinski definition) is 2. The van der Waals surface area contributed by atoms with Gasteiger partial charge in [0.05, 0.1) is 21.1 Å². The van der Waals surface area contributed by atoms with Crippen LogP contribution >= 0.6 is 31.9 Å². The van der Waals surface area contributed by atoms with Crippen molar-refractivity contribution in [1.82, 2.24) is 0 Å². The molecular formula is C26H20Br2N2O5. The fourth-order valence-corrected chi connectivity index (χ4v) is 4.49. The lowest BCUT2D eigenvalue weighted by Gasteiger charge is -2.12. The number of nitrogens with zero attached hydrogens (tertiary/aromatic N) is 1. The molecule has 0 radical (unpaired) electrons. The standard InChI is InChI=1S/C26H20Br2N2O5/c1-2-34-21-5-3-4-20(13-21)30-25(31)19(14-29)10-17-11-22(27)24(23(28)12-17)35-15-16-6-8-18(9-7-16)26(32)33/h3-13H,2,15H2,1H3,(H,30,31)(H,32,33)/b19-10-. The molecule has 3 aromatic rings. The molecule has 0 fully saturated rings. The van der Waals surface area contributed by atoms with E-state index < -0.39 is 11.9 Å². The zero-order valence-corrected chi connectivity index (χ0v) is 21.7. The van der Waals surface area contributed by atoms with Crippen LogP contribution in [0.3, 0.4) is 0 Å². The fourth-order valence-electron chi connectivity index (χ4n) is 3.04. The van der Waals surface area contributed by atoms with Crippen molar-refractivity contribution < 1.29 is 24.2 Å². The van der Waals surface area contributed by atoms with E-state index in [1.54, 1.807) is 48.5 Å². The molecular weight excluding hydrogens is 580 g/mol. The van der Waals surface area contributed by atoms with Gasteiger partial charge in [0.15, 0.2) is 0 Å². The number of carboxylic acid groups (broad SMARTS) is 1. The molecule has 0 saturated carbocycles. The lowest BCUT2D eigenvalue weighted by Crippen LogP contribution is -2.13. The predicted octanol–water partition coefficient (Wildman–Crippen LogP) is 6.43. The first-order valence-corrected chi connectivity index (χ1v) is 12.0. The summed E-state index contributed by atoms with van der Waals surface area (Å²) >= 11 is 6.94. The highest BCUT2D eigenvalue weighted by molar-refractivity contribution is 9.11. The Morgan fingerprint density at radius 3 is 2.34 bits per heavy atom. The van der Waals surface area contributed by atoms with Crippen LogP contribution in [0.25, 0.3) is 6.08 Å². The molecule has 1 amide bonds. The number of nitrogens with one attached hydrogen (secondary N) is 1. The number of aromatic carboxylic acids is 1. The van der Waals surface area contributed by atoms with Gasteiger partial charge in [0.1, 0.15) is 29.7 Å². The summed E-state index contributed by atoms with van der Waals surface area (Å²) in [6, 6.07) is 18.7. The highest BCUT2D eigenvalue weighted by Crippen LogP contribution is 2.36. The van der Waals surface area contributed by atoms with E-state index >= 15 is 0 Å². The van der Waals surface area contributed by atoms with Crippen LogP contribution in [-0.2, 0) is 11.4 Å². The summed E-state index contributed by atoms with van der Waals surface area (Å²) in [5.74, 6) is -0.385. The molecule has 0 bridgehead atoms. The van der Waals surface area contributed by atoms with Gasteiger partial charge in [0.25, 0.3) is 5.91 Å². The van der Waals surface area contributed by atoms with Gasteiger partial charge in [-0.15, -0.1) is 0 Å². The summed E-state index contributed by atoms with van der Waals surface area (Å²) in [6.45, 7) is 2.59. The van der Waals surface area contributed by atoms with Crippen molar-refractivity contribution in [2.45, 2.75) is 13.5 Å². The average Bonchev–Trinajstić information content (AvgIpc) is 2.82. The first kappa shape index (κ1) is 26.0. The van der Waals surface area contributed by atoms with E-state index in [4.69, 9.17) is 14.6 Å². The maximum absolute atomic E-state index is 12.7. The van der Waals surface area contributed by atoms with Crippen molar-refractivity contribution in [3.8, 4) is 17.6 Å². The fraction of sp³-hybridized carbons (Fsp3) is 0.115. The summed E-state index contributed by atoms with van der Waals surface area (Å²) < 4.78 is 12.5. The van der Waals surface area contributed by atoms with Gasteiger partial charge >= 0.3 is 5.97 Å². The largest absolute Gasteiger partial charge is 0.494 e. The Labute approximate surface area is 219 Å². The molecule has 2 N–H and O–H groups in total. The number of carboxylic acids is 1. The monoisotopic (exact) mass is 598 g/mol. The van der Waals surface area contributed by atoms with E-state index in [1.807, 2.05) is 13.0 Å². The van der Waals surface area contributed by atoms with Crippen molar-refractivity contribution in [3.05, 3.63) is 91.9 Å². The van der Waals surface area contributed by atoms with Crippen LogP contribution in [-0.4, -0.2) is 23.6 Å². The smallest absolute Gasteiger partial charge is 0.335 e. The number of halogens is 2. The number of rotatable bonds is 9. The second-order valence-electron chi connectivity index (χ2n) is 7.19. The number of benzene rings is 3.